The normalized spacial score (nSPS) is 24.9. The minimum absolute atomic E-state index is 0.0352. The fourth-order valence-corrected chi connectivity index (χ4v) is 4.12. The summed E-state index contributed by atoms with van der Waals surface area (Å²) in [5, 5.41) is 3.14. The van der Waals surface area contributed by atoms with Crippen LogP contribution in [-0.4, -0.2) is 25.2 Å². The van der Waals surface area contributed by atoms with Crippen LogP contribution in [0.25, 0.3) is 0 Å². The lowest BCUT2D eigenvalue weighted by Gasteiger charge is -2.27. The van der Waals surface area contributed by atoms with Crippen LogP contribution in [0.2, 0.25) is 0 Å². The molecule has 0 aromatic heterocycles. The van der Waals surface area contributed by atoms with Crippen molar-refractivity contribution in [1.29, 1.82) is 0 Å². The Bertz CT molecular complexity index is 613. The molecule has 5 heteroatoms. The van der Waals surface area contributed by atoms with E-state index in [0.717, 1.165) is 55.6 Å². The molecule has 0 radical (unpaired) electrons. The highest BCUT2D eigenvalue weighted by molar-refractivity contribution is 5.79. The predicted molar refractivity (Wildman–Crippen MR) is 102 cm³/mol. The molecule has 2 aliphatic carbocycles. The van der Waals surface area contributed by atoms with Gasteiger partial charge in [-0.1, -0.05) is 12.5 Å². The van der Waals surface area contributed by atoms with Crippen LogP contribution in [0.3, 0.4) is 0 Å². The van der Waals surface area contributed by atoms with Gasteiger partial charge in [0, 0.05) is 12.0 Å². The molecule has 3 atom stereocenters. The minimum Gasteiger partial charge on any atom is -0.493 e. The van der Waals surface area contributed by atoms with Gasteiger partial charge in [0.05, 0.1) is 19.3 Å². The van der Waals surface area contributed by atoms with Gasteiger partial charge < -0.3 is 20.5 Å². The van der Waals surface area contributed by atoms with E-state index in [2.05, 4.69) is 5.32 Å². The first kappa shape index (κ1) is 19.0. The Balaban J connectivity index is 1.63. The summed E-state index contributed by atoms with van der Waals surface area (Å²) in [5.74, 6) is 1.67. The van der Waals surface area contributed by atoms with Gasteiger partial charge in [0.15, 0.2) is 11.5 Å². The SMILES string of the molecule is COc1cc(C(C)NC(=O)C2CCCC(N)C2)ccc1OC1CCCC1. The largest absolute Gasteiger partial charge is 0.493 e. The van der Waals surface area contributed by atoms with E-state index in [1.54, 1.807) is 7.11 Å². The molecule has 144 valence electrons. The lowest BCUT2D eigenvalue weighted by atomic mass is 9.85. The van der Waals surface area contributed by atoms with E-state index < -0.39 is 0 Å². The second kappa shape index (κ2) is 8.76. The van der Waals surface area contributed by atoms with Crippen LogP contribution >= 0.6 is 0 Å². The number of hydrogen-bond donors (Lipinski definition) is 2. The number of nitrogens with two attached hydrogens (primary N) is 1. The quantitative estimate of drug-likeness (QED) is 0.811. The molecule has 0 heterocycles. The van der Waals surface area contributed by atoms with Crippen molar-refractivity contribution in [3.63, 3.8) is 0 Å². The van der Waals surface area contributed by atoms with Crippen LogP contribution in [0.1, 0.15) is 69.9 Å². The summed E-state index contributed by atoms with van der Waals surface area (Å²) in [5.41, 5.74) is 7.04. The van der Waals surface area contributed by atoms with Crippen molar-refractivity contribution in [3.05, 3.63) is 23.8 Å². The molecular formula is C21H32N2O3. The van der Waals surface area contributed by atoms with E-state index in [4.69, 9.17) is 15.2 Å². The number of carbonyl (C=O) groups excluding carboxylic acids is 1. The Hall–Kier alpha value is -1.75. The van der Waals surface area contributed by atoms with Gasteiger partial charge in [-0.2, -0.15) is 0 Å². The molecule has 0 saturated heterocycles. The number of nitrogens with one attached hydrogen (secondary N) is 1. The third-order valence-corrected chi connectivity index (χ3v) is 5.73. The summed E-state index contributed by atoms with van der Waals surface area (Å²) in [6.45, 7) is 2.01. The van der Waals surface area contributed by atoms with Gasteiger partial charge in [0.2, 0.25) is 5.91 Å². The van der Waals surface area contributed by atoms with Crippen LogP contribution in [0.4, 0.5) is 0 Å². The second-order valence-corrected chi connectivity index (χ2v) is 7.79. The Kier molecular flexibility index (Phi) is 6.41. The third kappa shape index (κ3) is 4.70. The second-order valence-electron chi connectivity index (χ2n) is 7.79. The van der Waals surface area contributed by atoms with E-state index in [1.807, 2.05) is 25.1 Å². The van der Waals surface area contributed by atoms with Gasteiger partial charge in [-0.3, -0.25) is 4.79 Å². The topological polar surface area (TPSA) is 73.6 Å². The Labute approximate surface area is 156 Å². The van der Waals surface area contributed by atoms with Crippen molar-refractivity contribution in [1.82, 2.24) is 5.32 Å². The fraction of sp³-hybridized carbons (Fsp3) is 0.667. The van der Waals surface area contributed by atoms with Crippen LogP contribution in [0.5, 0.6) is 11.5 Å². The van der Waals surface area contributed by atoms with Crippen LogP contribution in [0.15, 0.2) is 18.2 Å². The molecule has 26 heavy (non-hydrogen) atoms. The van der Waals surface area contributed by atoms with Crippen molar-refractivity contribution in [2.45, 2.75) is 76.5 Å². The highest BCUT2D eigenvalue weighted by Crippen LogP contribution is 2.34. The summed E-state index contributed by atoms with van der Waals surface area (Å²) < 4.78 is 11.6. The molecular weight excluding hydrogens is 328 g/mol. The van der Waals surface area contributed by atoms with E-state index in [-0.39, 0.29) is 23.9 Å². The summed E-state index contributed by atoms with van der Waals surface area (Å²) in [6.07, 6.45) is 8.77. The average molecular weight is 360 g/mol. The number of carbonyl (C=O) groups is 1. The maximum Gasteiger partial charge on any atom is 0.223 e. The predicted octanol–water partition coefficient (Wildman–Crippen LogP) is 3.71. The first-order chi connectivity index (χ1) is 12.6. The van der Waals surface area contributed by atoms with E-state index >= 15 is 0 Å². The van der Waals surface area contributed by atoms with Crippen molar-refractivity contribution in [3.8, 4) is 11.5 Å². The summed E-state index contributed by atoms with van der Waals surface area (Å²) in [6, 6.07) is 6.04. The lowest BCUT2D eigenvalue weighted by molar-refractivity contribution is -0.126. The molecule has 0 bridgehead atoms. The van der Waals surface area contributed by atoms with Gasteiger partial charge >= 0.3 is 0 Å². The molecule has 1 amide bonds. The van der Waals surface area contributed by atoms with Crippen molar-refractivity contribution < 1.29 is 14.3 Å². The maximum absolute atomic E-state index is 12.6. The Morgan fingerprint density at radius 2 is 1.92 bits per heavy atom. The molecule has 2 fully saturated rings. The third-order valence-electron chi connectivity index (χ3n) is 5.73. The molecule has 1 aromatic carbocycles. The zero-order valence-electron chi connectivity index (χ0n) is 16.0. The lowest BCUT2D eigenvalue weighted by Crippen LogP contribution is -2.38. The molecule has 1 aromatic rings. The van der Waals surface area contributed by atoms with Crippen LogP contribution in [-0.2, 0) is 4.79 Å². The summed E-state index contributed by atoms with van der Waals surface area (Å²) >= 11 is 0. The smallest absolute Gasteiger partial charge is 0.223 e. The van der Waals surface area contributed by atoms with Crippen LogP contribution in [0, 0.1) is 5.92 Å². The number of hydrogen-bond acceptors (Lipinski definition) is 4. The summed E-state index contributed by atoms with van der Waals surface area (Å²) in [7, 11) is 1.66. The van der Waals surface area contributed by atoms with E-state index in [9.17, 15) is 4.79 Å². The van der Waals surface area contributed by atoms with Crippen molar-refractivity contribution in [2.24, 2.45) is 11.7 Å². The number of amides is 1. The molecule has 0 spiro atoms. The molecule has 3 rings (SSSR count). The minimum atomic E-state index is -0.0740. The Morgan fingerprint density at radius 3 is 2.62 bits per heavy atom. The monoisotopic (exact) mass is 360 g/mol. The zero-order chi connectivity index (χ0) is 18.5. The van der Waals surface area contributed by atoms with Gasteiger partial charge in [-0.25, -0.2) is 0 Å². The van der Waals surface area contributed by atoms with E-state index in [1.165, 1.54) is 12.8 Å². The number of ether oxygens (including phenoxy) is 2. The molecule has 3 unspecified atom stereocenters. The number of rotatable bonds is 6. The first-order valence-electron chi connectivity index (χ1n) is 9.97. The molecule has 0 aliphatic heterocycles. The number of benzene rings is 1. The van der Waals surface area contributed by atoms with Gasteiger partial charge in [-0.05, 0) is 69.6 Å². The molecule has 5 nitrogen and oxygen atoms in total. The van der Waals surface area contributed by atoms with Crippen molar-refractivity contribution in [2.75, 3.05) is 7.11 Å². The molecule has 2 aliphatic rings. The van der Waals surface area contributed by atoms with E-state index in [0.29, 0.717) is 6.10 Å². The summed E-state index contributed by atoms with van der Waals surface area (Å²) in [4.78, 5) is 12.6. The first-order valence-corrected chi connectivity index (χ1v) is 9.97. The molecule has 2 saturated carbocycles. The zero-order valence-corrected chi connectivity index (χ0v) is 16.0. The van der Waals surface area contributed by atoms with Gasteiger partial charge in [-0.15, -0.1) is 0 Å². The Morgan fingerprint density at radius 1 is 1.15 bits per heavy atom. The van der Waals surface area contributed by atoms with Crippen molar-refractivity contribution >= 4 is 5.91 Å². The van der Waals surface area contributed by atoms with Crippen LogP contribution < -0.4 is 20.5 Å². The highest BCUT2D eigenvalue weighted by atomic mass is 16.5. The number of methoxy groups -OCH3 is 1. The van der Waals surface area contributed by atoms with Gasteiger partial charge in [0.25, 0.3) is 0 Å². The average Bonchev–Trinajstić information content (AvgIpc) is 3.15. The molecule has 3 N–H and O–H groups in total. The van der Waals surface area contributed by atoms with Gasteiger partial charge in [0.1, 0.15) is 0 Å². The highest BCUT2D eigenvalue weighted by Gasteiger charge is 2.26. The maximum atomic E-state index is 12.6. The fourth-order valence-electron chi connectivity index (χ4n) is 4.12. The standard InChI is InChI=1S/C21H32N2O3/c1-14(23-21(24)16-6-5-7-17(22)12-16)15-10-11-19(20(13-15)25-2)26-18-8-3-4-9-18/h10-11,13-14,16-18H,3-9,12,22H2,1-2H3,(H,23,24).